The van der Waals surface area contributed by atoms with Crippen molar-refractivity contribution in [2.45, 2.75) is 57.9 Å². The quantitative estimate of drug-likeness (QED) is 0.798. The first-order chi connectivity index (χ1) is 9.69. The molecule has 0 radical (unpaired) electrons. The molecule has 2 fully saturated rings. The van der Waals surface area contributed by atoms with E-state index in [9.17, 15) is 4.79 Å². The van der Waals surface area contributed by atoms with Gasteiger partial charge in [0, 0.05) is 18.5 Å². The Morgan fingerprint density at radius 2 is 1.86 bits per heavy atom. The van der Waals surface area contributed by atoms with E-state index in [4.69, 9.17) is 5.73 Å². The van der Waals surface area contributed by atoms with Crippen LogP contribution in [0.15, 0.2) is 0 Å². The first-order valence-electron chi connectivity index (χ1n) is 8.44. The number of rotatable bonds is 5. The fourth-order valence-corrected chi connectivity index (χ4v) is 3.60. The van der Waals surface area contributed by atoms with E-state index in [1.54, 1.807) is 0 Å². The summed E-state index contributed by atoms with van der Waals surface area (Å²) < 4.78 is 0. The Kier molecular flexibility index (Phi) is 11.5. The van der Waals surface area contributed by atoms with Crippen molar-refractivity contribution < 1.29 is 4.79 Å². The molecule has 2 aliphatic rings. The lowest BCUT2D eigenvalue weighted by Crippen LogP contribution is -2.39. The van der Waals surface area contributed by atoms with Gasteiger partial charge in [-0.3, -0.25) is 4.79 Å². The number of hydrogen-bond acceptors (Lipinski definition) is 3. The molecule has 0 spiro atoms. The van der Waals surface area contributed by atoms with Crippen LogP contribution in [0.2, 0.25) is 0 Å². The monoisotopic (exact) mass is 353 g/mol. The number of likely N-dealkylation sites (tertiary alicyclic amines) is 1. The maximum absolute atomic E-state index is 12.1. The standard InChI is InChI=1S/C16H31N3O.2ClH/c1-2-19-10-7-13(8-11-19)6-9-18-16(20)14-4-3-5-15(17)12-14;;/h13-15H,2-12,17H2,1H3,(H,18,20);2*1H. The minimum Gasteiger partial charge on any atom is -0.356 e. The number of nitrogens with zero attached hydrogens (tertiary/aromatic N) is 1. The van der Waals surface area contributed by atoms with E-state index in [2.05, 4.69) is 17.1 Å². The molecule has 3 N–H and O–H groups in total. The third-order valence-electron chi connectivity index (χ3n) is 5.09. The van der Waals surface area contributed by atoms with Crippen molar-refractivity contribution in [2.24, 2.45) is 17.6 Å². The van der Waals surface area contributed by atoms with Crippen molar-refractivity contribution in [1.29, 1.82) is 0 Å². The Bertz CT molecular complexity index is 310. The molecule has 1 heterocycles. The molecule has 4 nitrogen and oxygen atoms in total. The van der Waals surface area contributed by atoms with E-state index in [1.807, 2.05) is 0 Å². The Morgan fingerprint density at radius 3 is 2.45 bits per heavy atom. The van der Waals surface area contributed by atoms with Crippen LogP contribution in [0.5, 0.6) is 0 Å². The fraction of sp³-hybridized carbons (Fsp3) is 0.938. The third-order valence-corrected chi connectivity index (χ3v) is 5.09. The molecular weight excluding hydrogens is 321 g/mol. The Balaban J connectivity index is 0.00000220. The van der Waals surface area contributed by atoms with Crippen LogP contribution in [-0.4, -0.2) is 43.0 Å². The molecule has 132 valence electrons. The van der Waals surface area contributed by atoms with Crippen LogP contribution in [0.25, 0.3) is 0 Å². The van der Waals surface area contributed by atoms with Crippen LogP contribution in [0.1, 0.15) is 51.9 Å². The zero-order valence-electron chi connectivity index (χ0n) is 13.8. The van der Waals surface area contributed by atoms with Crippen LogP contribution in [0.4, 0.5) is 0 Å². The smallest absolute Gasteiger partial charge is 0.223 e. The lowest BCUT2D eigenvalue weighted by molar-refractivity contribution is -0.126. The average molecular weight is 354 g/mol. The van der Waals surface area contributed by atoms with E-state index in [0.29, 0.717) is 0 Å². The summed E-state index contributed by atoms with van der Waals surface area (Å²) in [6.07, 6.45) is 7.81. The number of hydrogen-bond donors (Lipinski definition) is 2. The summed E-state index contributed by atoms with van der Waals surface area (Å²) in [6.45, 7) is 6.71. The molecule has 1 aliphatic carbocycles. The van der Waals surface area contributed by atoms with Crippen molar-refractivity contribution in [3.63, 3.8) is 0 Å². The van der Waals surface area contributed by atoms with Gasteiger partial charge in [0.25, 0.3) is 0 Å². The summed E-state index contributed by atoms with van der Waals surface area (Å²) in [5, 5.41) is 3.14. The SMILES string of the molecule is CCN1CCC(CCNC(=O)C2CCCC(N)C2)CC1.Cl.Cl. The van der Waals surface area contributed by atoms with Crippen LogP contribution >= 0.6 is 24.8 Å². The van der Waals surface area contributed by atoms with Gasteiger partial charge in [0.1, 0.15) is 0 Å². The Labute approximate surface area is 147 Å². The summed E-state index contributed by atoms with van der Waals surface area (Å²) in [4.78, 5) is 14.6. The predicted octanol–water partition coefficient (Wildman–Crippen LogP) is 2.59. The zero-order valence-corrected chi connectivity index (χ0v) is 15.4. The highest BCUT2D eigenvalue weighted by molar-refractivity contribution is 5.85. The molecule has 2 rings (SSSR count). The van der Waals surface area contributed by atoms with Crippen molar-refractivity contribution in [3.05, 3.63) is 0 Å². The second-order valence-corrected chi connectivity index (χ2v) is 6.58. The predicted molar refractivity (Wildman–Crippen MR) is 96.9 cm³/mol. The van der Waals surface area contributed by atoms with Gasteiger partial charge in [0.05, 0.1) is 0 Å². The summed E-state index contributed by atoms with van der Waals surface area (Å²) in [5.41, 5.74) is 5.95. The van der Waals surface area contributed by atoms with E-state index < -0.39 is 0 Å². The number of carbonyl (C=O) groups excluding carboxylic acids is 1. The van der Waals surface area contributed by atoms with E-state index >= 15 is 0 Å². The largest absolute Gasteiger partial charge is 0.356 e. The fourth-order valence-electron chi connectivity index (χ4n) is 3.60. The normalized spacial score (nSPS) is 26.6. The first kappa shape index (κ1) is 22.0. The number of carbonyl (C=O) groups is 1. The molecule has 22 heavy (non-hydrogen) atoms. The second-order valence-electron chi connectivity index (χ2n) is 6.58. The minimum atomic E-state index is 0. The molecule has 1 saturated carbocycles. The van der Waals surface area contributed by atoms with E-state index in [1.165, 1.54) is 32.5 Å². The number of halogens is 2. The summed E-state index contributed by atoms with van der Waals surface area (Å²) in [7, 11) is 0. The summed E-state index contributed by atoms with van der Waals surface area (Å²) in [5.74, 6) is 1.21. The van der Waals surface area contributed by atoms with E-state index in [0.717, 1.165) is 44.6 Å². The maximum Gasteiger partial charge on any atom is 0.223 e. The molecule has 0 bridgehead atoms. The van der Waals surface area contributed by atoms with Gasteiger partial charge in [-0.1, -0.05) is 13.3 Å². The summed E-state index contributed by atoms with van der Waals surface area (Å²) >= 11 is 0. The van der Waals surface area contributed by atoms with Gasteiger partial charge in [0.2, 0.25) is 5.91 Å². The number of nitrogens with one attached hydrogen (secondary N) is 1. The molecular formula is C16H33Cl2N3O. The lowest BCUT2D eigenvalue weighted by Gasteiger charge is -2.31. The number of amides is 1. The Morgan fingerprint density at radius 1 is 1.18 bits per heavy atom. The van der Waals surface area contributed by atoms with Gasteiger partial charge in [-0.15, -0.1) is 24.8 Å². The minimum absolute atomic E-state index is 0. The average Bonchev–Trinajstić information content (AvgIpc) is 2.48. The lowest BCUT2D eigenvalue weighted by atomic mass is 9.85. The van der Waals surface area contributed by atoms with Gasteiger partial charge >= 0.3 is 0 Å². The van der Waals surface area contributed by atoms with Gasteiger partial charge in [-0.25, -0.2) is 0 Å². The van der Waals surface area contributed by atoms with Gasteiger partial charge in [0.15, 0.2) is 0 Å². The molecule has 0 aromatic heterocycles. The van der Waals surface area contributed by atoms with Crippen LogP contribution < -0.4 is 11.1 Å². The first-order valence-corrected chi connectivity index (χ1v) is 8.44. The molecule has 6 heteroatoms. The molecule has 2 unspecified atom stereocenters. The molecule has 1 saturated heterocycles. The molecule has 1 aliphatic heterocycles. The second kappa shape index (κ2) is 11.5. The van der Waals surface area contributed by atoms with Crippen molar-refractivity contribution in [2.75, 3.05) is 26.2 Å². The van der Waals surface area contributed by atoms with Crippen LogP contribution in [0, 0.1) is 11.8 Å². The zero-order chi connectivity index (χ0) is 14.4. The number of nitrogens with two attached hydrogens (primary N) is 1. The van der Waals surface area contributed by atoms with Crippen LogP contribution in [-0.2, 0) is 4.79 Å². The van der Waals surface area contributed by atoms with Crippen LogP contribution in [0.3, 0.4) is 0 Å². The van der Waals surface area contributed by atoms with Gasteiger partial charge in [-0.05, 0) is 64.1 Å². The summed E-state index contributed by atoms with van der Waals surface area (Å²) in [6, 6.07) is 0.234. The highest BCUT2D eigenvalue weighted by Crippen LogP contribution is 2.23. The topological polar surface area (TPSA) is 58.4 Å². The Hall–Kier alpha value is -0.0300. The highest BCUT2D eigenvalue weighted by Gasteiger charge is 2.25. The molecule has 1 amide bonds. The van der Waals surface area contributed by atoms with Gasteiger partial charge < -0.3 is 16.0 Å². The van der Waals surface area contributed by atoms with Crippen molar-refractivity contribution in [1.82, 2.24) is 10.2 Å². The maximum atomic E-state index is 12.1. The van der Waals surface area contributed by atoms with Crippen molar-refractivity contribution >= 4 is 30.7 Å². The third kappa shape index (κ3) is 7.03. The van der Waals surface area contributed by atoms with Gasteiger partial charge in [-0.2, -0.15) is 0 Å². The van der Waals surface area contributed by atoms with E-state index in [-0.39, 0.29) is 42.7 Å². The molecule has 0 aromatic carbocycles. The highest BCUT2D eigenvalue weighted by atomic mass is 35.5. The molecule has 2 atom stereocenters. The molecule has 0 aromatic rings. The van der Waals surface area contributed by atoms with Crippen molar-refractivity contribution in [3.8, 4) is 0 Å². The number of piperidine rings is 1.